The number of rotatable bonds is 5. The largest absolute Gasteiger partial charge is 0.355 e. The highest BCUT2D eigenvalue weighted by molar-refractivity contribution is 6.19. The molecule has 0 aromatic heterocycles. The van der Waals surface area contributed by atoms with Crippen LogP contribution in [0.25, 0.3) is 0 Å². The summed E-state index contributed by atoms with van der Waals surface area (Å²) >= 11 is 0. The Bertz CT molecular complexity index is 373. The van der Waals surface area contributed by atoms with Crippen LogP contribution in [-0.2, 0) is 14.4 Å². The molecular weight excluding hydrogens is 240 g/mol. The van der Waals surface area contributed by atoms with Gasteiger partial charge in [-0.2, -0.15) is 0 Å². The van der Waals surface area contributed by atoms with Gasteiger partial charge in [0, 0.05) is 6.54 Å². The molecule has 5 amide bonds. The number of carbonyl (C=O) groups excluding carboxylic acids is 4. The lowest BCUT2D eigenvalue weighted by Gasteiger charge is -2.32. The molecule has 18 heavy (non-hydrogen) atoms. The van der Waals surface area contributed by atoms with E-state index >= 15 is 0 Å². The summed E-state index contributed by atoms with van der Waals surface area (Å²) in [5, 5.41) is 6.60. The van der Waals surface area contributed by atoms with Crippen molar-refractivity contribution in [3.05, 3.63) is 0 Å². The van der Waals surface area contributed by atoms with Gasteiger partial charge in [0.15, 0.2) is 0 Å². The minimum Gasteiger partial charge on any atom is -0.355 e. The molecule has 8 heteroatoms. The Balaban J connectivity index is 2.72. The van der Waals surface area contributed by atoms with Crippen LogP contribution in [-0.4, -0.2) is 36.8 Å². The number of barbiturate groups is 1. The summed E-state index contributed by atoms with van der Waals surface area (Å²) in [4.78, 5) is 45.5. The molecule has 0 spiro atoms. The lowest BCUT2D eigenvalue weighted by Crippen LogP contribution is -2.62. The van der Waals surface area contributed by atoms with Gasteiger partial charge in [-0.25, -0.2) is 4.79 Å². The number of hydrogen-bond acceptors (Lipinski definition) is 5. The third kappa shape index (κ3) is 2.65. The van der Waals surface area contributed by atoms with Gasteiger partial charge in [-0.15, -0.1) is 0 Å². The van der Waals surface area contributed by atoms with E-state index in [1.165, 1.54) is 0 Å². The van der Waals surface area contributed by atoms with Crippen LogP contribution in [0.4, 0.5) is 4.79 Å². The zero-order chi connectivity index (χ0) is 13.8. The molecule has 1 aliphatic heterocycles. The number of nitrogens with one attached hydrogen (secondary N) is 3. The third-order valence-electron chi connectivity index (χ3n) is 2.99. The summed E-state index contributed by atoms with van der Waals surface area (Å²) in [6, 6.07) is -0.819. The average Bonchev–Trinajstić information content (AvgIpc) is 2.32. The monoisotopic (exact) mass is 256 g/mol. The molecule has 0 saturated carbocycles. The molecule has 0 unspecified atom stereocenters. The van der Waals surface area contributed by atoms with Crippen molar-refractivity contribution in [2.24, 2.45) is 11.1 Å². The fourth-order valence-electron chi connectivity index (χ4n) is 1.79. The van der Waals surface area contributed by atoms with Crippen molar-refractivity contribution in [2.75, 3.05) is 13.1 Å². The number of imide groups is 2. The predicted molar refractivity (Wildman–Crippen MR) is 61.1 cm³/mol. The average molecular weight is 256 g/mol. The summed E-state index contributed by atoms with van der Waals surface area (Å²) in [6.07, 6.45) is 0.344. The van der Waals surface area contributed by atoms with Crippen LogP contribution in [0.15, 0.2) is 0 Å². The molecule has 0 radical (unpaired) electrons. The second kappa shape index (κ2) is 5.58. The summed E-state index contributed by atoms with van der Waals surface area (Å²) in [7, 11) is 0. The Morgan fingerprint density at radius 2 is 1.83 bits per heavy atom. The molecule has 0 atom stereocenters. The third-order valence-corrected chi connectivity index (χ3v) is 2.99. The molecule has 1 rings (SSSR count). The van der Waals surface area contributed by atoms with Gasteiger partial charge in [-0.1, -0.05) is 6.92 Å². The molecule has 5 N–H and O–H groups in total. The summed E-state index contributed by atoms with van der Waals surface area (Å²) in [5.41, 5.74) is 3.79. The van der Waals surface area contributed by atoms with E-state index in [9.17, 15) is 19.2 Å². The minimum absolute atomic E-state index is 0.111. The maximum atomic E-state index is 11.8. The van der Waals surface area contributed by atoms with E-state index in [-0.39, 0.29) is 31.8 Å². The summed E-state index contributed by atoms with van der Waals surface area (Å²) in [5.74, 6) is -1.64. The van der Waals surface area contributed by atoms with Gasteiger partial charge in [0.05, 0.1) is 6.54 Å². The molecular formula is C10H16N4O4. The number of urea groups is 1. The van der Waals surface area contributed by atoms with Gasteiger partial charge >= 0.3 is 6.03 Å². The highest BCUT2D eigenvalue weighted by Crippen LogP contribution is 2.28. The topological polar surface area (TPSA) is 130 Å². The van der Waals surface area contributed by atoms with Crippen LogP contribution >= 0.6 is 0 Å². The molecule has 0 aromatic rings. The molecule has 0 bridgehead atoms. The van der Waals surface area contributed by atoms with Crippen LogP contribution in [0.1, 0.15) is 19.8 Å². The predicted octanol–water partition coefficient (Wildman–Crippen LogP) is -1.79. The maximum Gasteiger partial charge on any atom is 0.328 e. The molecule has 1 fully saturated rings. The van der Waals surface area contributed by atoms with Crippen molar-refractivity contribution >= 4 is 23.8 Å². The van der Waals surface area contributed by atoms with Crippen molar-refractivity contribution < 1.29 is 19.2 Å². The second-order valence-corrected chi connectivity index (χ2v) is 3.98. The van der Waals surface area contributed by atoms with E-state index in [2.05, 4.69) is 16.0 Å². The SMILES string of the molecule is CCC1(CCNC(=O)CN)C(=O)NC(=O)NC1=O. The van der Waals surface area contributed by atoms with Crippen LogP contribution in [0.5, 0.6) is 0 Å². The van der Waals surface area contributed by atoms with E-state index in [0.717, 1.165) is 0 Å². The molecule has 100 valence electrons. The summed E-state index contributed by atoms with van der Waals surface area (Å²) in [6.45, 7) is 1.65. The highest BCUT2D eigenvalue weighted by atomic mass is 16.2. The lowest BCUT2D eigenvalue weighted by atomic mass is 9.78. The number of carbonyl (C=O) groups is 4. The van der Waals surface area contributed by atoms with E-state index in [0.29, 0.717) is 0 Å². The first kappa shape index (κ1) is 14.1. The van der Waals surface area contributed by atoms with Crippen LogP contribution in [0.3, 0.4) is 0 Å². The van der Waals surface area contributed by atoms with Gasteiger partial charge in [-0.3, -0.25) is 25.0 Å². The Morgan fingerprint density at radius 3 is 2.28 bits per heavy atom. The molecule has 1 aliphatic rings. The fourth-order valence-corrected chi connectivity index (χ4v) is 1.79. The first-order valence-electron chi connectivity index (χ1n) is 5.60. The fraction of sp³-hybridized carbons (Fsp3) is 0.600. The Labute approximate surface area is 104 Å². The Morgan fingerprint density at radius 1 is 1.28 bits per heavy atom. The van der Waals surface area contributed by atoms with Crippen LogP contribution in [0, 0.1) is 5.41 Å². The Hall–Kier alpha value is -1.96. The van der Waals surface area contributed by atoms with Gasteiger partial charge in [0.25, 0.3) is 0 Å². The number of amides is 5. The maximum absolute atomic E-state index is 11.8. The van der Waals surface area contributed by atoms with Crippen molar-refractivity contribution in [3.63, 3.8) is 0 Å². The first-order chi connectivity index (χ1) is 8.46. The van der Waals surface area contributed by atoms with Crippen LogP contribution < -0.4 is 21.7 Å². The molecule has 0 aliphatic carbocycles. The molecule has 1 heterocycles. The number of hydrogen-bond donors (Lipinski definition) is 4. The van der Waals surface area contributed by atoms with E-state index in [1.54, 1.807) is 6.92 Å². The van der Waals surface area contributed by atoms with Gasteiger partial charge in [0.1, 0.15) is 5.41 Å². The van der Waals surface area contributed by atoms with Crippen molar-refractivity contribution in [3.8, 4) is 0 Å². The molecule has 1 saturated heterocycles. The first-order valence-corrected chi connectivity index (χ1v) is 5.60. The standard InChI is InChI=1S/C10H16N4O4/c1-2-10(3-4-12-6(15)5-11)7(16)13-9(18)14-8(10)17/h2-5,11H2,1H3,(H,12,15)(H2,13,14,16,17,18). The minimum atomic E-state index is -1.32. The summed E-state index contributed by atoms with van der Waals surface area (Å²) < 4.78 is 0. The van der Waals surface area contributed by atoms with Gasteiger partial charge in [0.2, 0.25) is 17.7 Å². The quantitative estimate of drug-likeness (QED) is 0.432. The normalized spacial score (nSPS) is 18.0. The second-order valence-electron chi connectivity index (χ2n) is 3.98. The zero-order valence-electron chi connectivity index (χ0n) is 10.0. The smallest absolute Gasteiger partial charge is 0.328 e. The van der Waals surface area contributed by atoms with E-state index < -0.39 is 23.3 Å². The zero-order valence-corrected chi connectivity index (χ0v) is 10.0. The Kier molecular flexibility index (Phi) is 4.38. The lowest BCUT2D eigenvalue weighted by molar-refractivity contribution is -0.145. The highest BCUT2D eigenvalue weighted by Gasteiger charge is 2.48. The van der Waals surface area contributed by atoms with Crippen molar-refractivity contribution in [1.29, 1.82) is 0 Å². The van der Waals surface area contributed by atoms with E-state index in [4.69, 9.17) is 5.73 Å². The molecule has 0 aromatic carbocycles. The van der Waals surface area contributed by atoms with E-state index in [1.807, 2.05) is 0 Å². The van der Waals surface area contributed by atoms with Crippen molar-refractivity contribution in [2.45, 2.75) is 19.8 Å². The van der Waals surface area contributed by atoms with Crippen molar-refractivity contribution in [1.82, 2.24) is 16.0 Å². The van der Waals surface area contributed by atoms with Crippen LogP contribution in [0.2, 0.25) is 0 Å². The molecule has 8 nitrogen and oxygen atoms in total. The van der Waals surface area contributed by atoms with Gasteiger partial charge in [-0.05, 0) is 12.8 Å². The van der Waals surface area contributed by atoms with Gasteiger partial charge < -0.3 is 11.1 Å². The number of nitrogens with two attached hydrogens (primary N) is 1.